The van der Waals surface area contributed by atoms with E-state index in [1.54, 1.807) is 6.92 Å². The summed E-state index contributed by atoms with van der Waals surface area (Å²) < 4.78 is 19.5. The van der Waals surface area contributed by atoms with Crippen LogP contribution in [0.4, 0.5) is 4.79 Å². The molecule has 264 valence electrons. The second-order valence-electron chi connectivity index (χ2n) is 13.8. The molecule has 0 aliphatic carbocycles. The Kier molecular flexibility index (Phi) is 10.4. The smallest absolute Gasteiger partial charge is 0.410 e. The number of aromatic amines is 1. The van der Waals surface area contributed by atoms with Crippen molar-refractivity contribution in [3.05, 3.63) is 82.3 Å². The lowest BCUT2D eigenvalue weighted by Gasteiger charge is -2.36. The Morgan fingerprint density at radius 2 is 1.78 bits per heavy atom. The van der Waals surface area contributed by atoms with E-state index in [1.807, 2.05) is 73.8 Å². The molecule has 1 unspecified atom stereocenters. The molecule has 0 radical (unpaired) electrons. The van der Waals surface area contributed by atoms with Gasteiger partial charge in [0.2, 0.25) is 0 Å². The maximum atomic E-state index is 13.5. The summed E-state index contributed by atoms with van der Waals surface area (Å²) >= 11 is 7.12. The molecule has 3 aromatic carbocycles. The topological polar surface area (TPSA) is 98.7 Å². The minimum Gasteiger partial charge on any atom is -0.493 e. The van der Waals surface area contributed by atoms with Gasteiger partial charge < -0.3 is 19.2 Å². The van der Waals surface area contributed by atoms with Crippen LogP contribution in [0.3, 0.4) is 0 Å². The normalized spacial score (nSPS) is 15.1. The Morgan fingerprint density at radius 3 is 2.54 bits per heavy atom. The lowest BCUT2D eigenvalue weighted by Crippen LogP contribution is -2.42. The van der Waals surface area contributed by atoms with Crippen molar-refractivity contribution in [3.8, 4) is 16.9 Å². The number of fused-ring (bicyclic) bond motifs is 2. The van der Waals surface area contributed by atoms with Crippen LogP contribution in [0, 0.1) is 0 Å². The van der Waals surface area contributed by atoms with Crippen molar-refractivity contribution in [2.75, 3.05) is 19.8 Å². The molecule has 9 nitrogen and oxygen atoms in total. The summed E-state index contributed by atoms with van der Waals surface area (Å²) in [5.41, 5.74) is 4.80. The number of aromatic nitrogens is 3. The van der Waals surface area contributed by atoms with Gasteiger partial charge in [-0.05, 0) is 89.3 Å². The molecular formula is C40H47ClN4O5. The van der Waals surface area contributed by atoms with Gasteiger partial charge in [0.05, 0.1) is 35.5 Å². The summed E-state index contributed by atoms with van der Waals surface area (Å²) in [6.07, 6.45) is 4.19. The first-order valence-electron chi connectivity index (χ1n) is 17.7. The highest BCUT2D eigenvalue weighted by Gasteiger charge is 2.37. The number of nitrogens with one attached hydrogen (secondary N) is 1. The van der Waals surface area contributed by atoms with Gasteiger partial charge in [-0.1, -0.05) is 61.0 Å². The van der Waals surface area contributed by atoms with Gasteiger partial charge in [-0.3, -0.25) is 9.58 Å². The Hall–Kier alpha value is -4.50. The SMILES string of the molecule is CCOC(=O)c1[nH]c2c(-c3c(C4CCCCN4C(=O)OC(C)(C)C)nn(C)c3CC)c(Cl)ccc2c1CCCOc1cccc2ccccc12. The zero-order valence-electron chi connectivity index (χ0n) is 29.9. The van der Waals surface area contributed by atoms with Crippen molar-refractivity contribution in [2.45, 2.75) is 84.8 Å². The van der Waals surface area contributed by atoms with Crippen LogP contribution in [0.2, 0.25) is 5.02 Å². The molecule has 6 rings (SSSR count). The Bertz CT molecular complexity index is 2020. The Morgan fingerprint density at radius 1 is 1.00 bits per heavy atom. The number of amides is 1. The highest BCUT2D eigenvalue weighted by molar-refractivity contribution is 6.35. The van der Waals surface area contributed by atoms with Gasteiger partial charge in [0.15, 0.2) is 0 Å². The van der Waals surface area contributed by atoms with Crippen LogP contribution < -0.4 is 4.74 Å². The maximum Gasteiger partial charge on any atom is 0.410 e. The van der Waals surface area contributed by atoms with E-state index < -0.39 is 11.6 Å². The van der Waals surface area contributed by atoms with E-state index >= 15 is 0 Å². The zero-order valence-corrected chi connectivity index (χ0v) is 30.7. The maximum absolute atomic E-state index is 13.5. The van der Waals surface area contributed by atoms with Crippen molar-refractivity contribution < 1.29 is 23.8 Å². The summed E-state index contributed by atoms with van der Waals surface area (Å²) in [5.74, 6) is 0.419. The molecule has 0 spiro atoms. The standard InChI is InChI=1S/C40H47ClN4O5/c1-7-30-34(37(43-44(30)6)31-19-11-12-23-45(31)39(47)50-40(3,4)5)33-29(41)22-21-28-27(36(42-35(28)33)38(46)48-8-2)18-14-24-49-32-20-13-16-25-15-9-10-17-26(25)32/h9-10,13,15-17,20-22,31,42H,7-8,11-12,14,18-19,23-24H2,1-6H3. The third kappa shape index (κ3) is 7.06. The number of hydrogen-bond donors (Lipinski definition) is 1. The number of aryl methyl sites for hydroxylation is 2. The minimum absolute atomic E-state index is 0.250. The number of nitrogens with zero attached hydrogens (tertiary/aromatic N) is 3. The largest absolute Gasteiger partial charge is 0.493 e. The molecule has 1 fully saturated rings. The lowest BCUT2D eigenvalue weighted by atomic mass is 9.91. The van der Waals surface area contributed by atoms with Crippen LogP contribution >= 0.6 is 11.6 Å². The lowest BCUT2D eigenvalue weighted by molar-refractivity contribution is 0.00899. The Balaban J connectivity index is 1.41. The minimum atomic E-state index is -0.625. The second kappa shape index (κ2) is 14.8. The number of piperidine rings is 1. The van der Waals surface area contributed by atoms with Crippen molar-refractivity contribution in [1.82, 2.24) is 19.7 Å². The molecule has 1 atom stereocenters. The highest BCUT2D eigenvalue weighted by atomic mass is 35.5. The van der Waals surface area contributed by atoms with Crippen molar-refractivity contribution in [1.29, 1.82) is 0 Å². The molecule has 5 aromatic rings. The first kappa shape index (κ1) is 35.3. The number of H-pyrrole nitrogens is 1. The average Bonchev–Trinajstić information content (AvgIpc) is 3.62. The van der Waals surface area contributed by atoms with Crippen LogP contribution in [-0.2, 0) is 29.4 Å². The van der Waals surface area contributed by atoms with Gasteiger partial charge in [0.25, 0.3) is 0 Å². The van der Waals surface area contributed by atoms with E-state index in [0.717, 1.165) is 74.8 Å². The zero-order chi connectivity index (χ0) is 35.6. The molecule has 0 saturated carbocycles. The number of carbonyl (C=O) groups is 2. The molecule has 50 heavy (non-hydrogen) atoms. The molecule has 1 aliphatic heterocycles. The van der Waals surface area contributed by atoms with Crippen LogP contribution in [0.25, 0.3) is 32.8 Å². The Labute approximate surface area is 298 Å². The predicted octanol–water partition coefficient (Wildman–Crippen LogP) is 9.59. The van der Waals surface area contributed by atoms with Gasteiger partial charge in [0, 0.05) is 41.2 Å². The van der Waals surface area contributed by atoms with Gasteiger partial charge in [-0.15, -0.1) is 0 Å². The van der Waals surface area contributed by atoms with Crippen LogP contribution in [0.5, 0.6) is 5.75 Å². The third-order valence-electron chi connectivity index (χ3n) is 9.31. The molecule has 10 heteroatoms. The van der Waals surface area contributed by atoms with E-state index in [0.29, 0.717) is 43.1 Å². The quantitative estimate of drug-likeness (QED) is 0.115. The second-order valence-corrected chi connectivity index (χ2v) is 14.2. The summed E-state index contributed by atoms with van der Waals surface area (Å²) in [6.45, 7) is 10.8. The number of ether oxygens (including phenoxy) is 3. The molecule has 1 N–H and O–H groups in total. The first-order valence-corrected chi connectivity index (χ1v) is 18.1. The molecule has 2 aromatic heterocycles. The molecular weight excluding hydrogens is 652 g/mol. The van der Waals surface area contributed by atoms with E-state index in [2.05, 4.69) is 30.1 Å². The van der Waals surface area contributed by atoms with Gasteiger partial charge in [0.1, 0.15) is 17.0 Å². The third-order valence-corrected chi connectivity index (χ3v) is 9.63. The van der Waals surface area contributed by atoms with Crippen LogP contribution in [0.1, 0.15) is 93.8 Å². The monoisotopic (exact) mass is 698 g/mol. The fourth-order valence-corrected chi connectivity index (χ4v) is 7.43. The number of benzene rings is 3. The molecule has 0 bridgehead atoms. The summed E-state index contributed by atoms with van der Waals surface area (Å²) in [7, 11) is 1.93. The number of likely N-dealkylation sites (tertiary alicyclic amines) is 1. The van der Waals surface area contributed by atoms with Gasteiger partial charge >= 0.3 is 12.1 Å². The van der Waals surface area contributed by atoms with E-state index in [4.69, 9.17) is 30.9 Å². The molecule has 1 saturated heterocycles. The van der Waals surface area contributed by atoms with E-state index in [9.17, 15) is 9.59 Å². The summed E-state index contributed by atoms with van der Waals surface area (Å²) in [4.78, 5) is 32.2. The van der Waals surface area contributed by atoms with Crippen LogP contribution in [0.15, 0.2) is 54.6 Å². The molecule has 1 aliphatic rings. The number of hydrogen-bond acceptors (Lipinski definition) is 6. The van der Waals surface area contributed by atoms with Crippen molar-refractivity contribution in [3.63, 3.8) is 0 Å². The fraction of sp³-hybridized carbons (Fsp3) is 0.425. The fourth-order valence-electron chi connectivity index (χ4n) is 7.18. The molecule has 1 amide bonds. The average molecular weight is 699 g/mol. The summed E-state index contributed by atoms with van der Waals surface area (Å²) in [6, 6.07) is 17.8. The van der Waals surface area contributed by atoms with Gasteiger partial charge in [-0.2, -0.15) is 5.10 Å². The van der Waals surface area contributed by atoms with Crippen LogP contribution in [-0.4, -0.2) is 57.1 Å². The first-order chi connectivity index (χ1) is 24.0. The molecule has 3 heterocycles. The highest BCUT2D eigenvalue weighted by Crippen LogP contribution is 2.45. The number of carbonyl (C=O) groups excluding carboxylic acids is 2. The number of esters is 1. The van der Waals surface area contributed by atoms with Crippen molar-refractivity contribution >= 4 is 45.3 Å². The van der Waals surface area contributed by atoms with Gasteiger partial charge in [-0.25, -0.2) is 9.59 Å². The number of halogens is 1. The van der Waals surface area contributed by atoms with E-state index in [1.165, 1.54) is 0 Å². The summed E-state index contributed by atoms with van der Waals surface area (Å²) in [5, 5.41) is 8.66. The number of rotatable bonds is 10. The van der Waals surface area contributed by atoms with E-state index in [-0.39, 0.29) is 18.7 Å². The van der Waals surface area contributed by atoms with Crippen molar-refractivity contribution in [2.24, 2.45) is 7.05 Å². The predicted molar refractivity (Wildman–Crippen MR) is 198 cm³/mol.